The number of nitrogens with one attached hydrogen (secondary N) is 1. The van der Waals surface area contributed by atoms with Crippen LogP contribution in [0.5, 0.6) is 0 Å². The number of hydrogen-bond donors (Lipinski definition) is 1. The van der Waals surface area contributed by atoms with Gasteiger partial charge < -0.3 is 10.2 Å². The standard InChI is InChI=1S/C10H14N2.C7H4N2O/c1-2-4-10(5-3-1)12-8-6-11-7-9-12;10-7-8-5-3-1-2-4-6(5)9-7/h1-5,11H,6-9H2;1-4H. The van der Waals surface area contributed by atoms with E-state index in [2.05, 4.69) is 50.5 Å². The third-order valence-electron chi connectivity index (χ3n) is 3.55. The maximum absolute atomic E-state index is 10.6. The molecule has 0 aliphatic carbocycles. The molecule has 0 aromatic heterocycles. The van der Waals surface area contributed by atoms with Crippen LogP contribution in [0.25, 0.3) is 0 Å². The Labute approximate surface area is 129 Å². The summed E-state index contributed by atoms with van der Waals surface area (Å²) in [4.78, 5) is 20.3. The van der Waals surface area contributed by atoms with Gasteiger partial charge in [0.05, 0.1) is 10.7 Å². The highest BCUT2D eigenvalue weighted by molar-refractivity contribution is 5.77. The molecule has 2 aromatic carbocycles. The minimum Gasteiger partial charge on any atom is -0.369 e. The summed E-state index contributed by atoms with van der Waals surface area (Å²) in [7, 11) is 0. The van der Waals surface area contributed by atoms with Gasteiger partial charge in [-0.25, -0.2) is 4.79 Å². The summed E-state index contributed by atoms with van der Waals surface area (Å²) in [6, 6.07) is 17.4. The van der Waals surface area contributed by atoms with E-state index in [4.69, 9.17) is 0 Å². The molecule has 2 heterocycles. The first-order valence-corrected chi connectivity index (χ1v) is 7.40. The number of rotatable bonds is 1. The third kappa shape index (κ3) is 3.56. The smallest absolute Gasteiger partial charge is 0.368 e. The van der Waals surface area contributed by atoms with Crippen molar-refractivity contribution >= 4 is 11.7 Å². The Morgan fingerprint density at radius 1 is 0.818 bits per heavy atom. The highest BCUT2D eigenvalue weighted by Crippen LogP contribution is 2.12. The molecule has 0 radical (unpaired) electrons. The van der Waals surface area contributed by atoms with Gasteiger partial charge in [-0.2, -0.15) is 9.98 Å². The van der Waals surface area contributed by atoms with Crippen LogP contribution in [0.3, 0.4) is 0 Å². The number of anilines is 1. The topological polar surface area (TPSA) is 57.1 Å². The molecular weight excluding hydrogens is 276 g/mol. The number of carbonyl (C=O) groups is 1. The normalized spacial score (nSPS) is 16.0. The molecule has 0 unspecified atom stereocenters. The van der Waals surface area contributed by atoms with Crippen LogP contribution < -0.4 is 20.9 Å². The van der Waals surface area contributed by atoms with Crippen molar-refractivity contribution < 1.29 is 4.79 Å². The minimum absolute atomic E-state index is 0.402. The monoisotopic (exact) mass is 294 g/mol. The van der Waals surface area contributed by atoms with Gasteiger partial charge in [0.2, 0.25) is 0 Å². The largest absolute Gasteiger partial charge is 0.369 e. The van der Waals surface area contributed by atoms with Crippen molar-refractivity contribution in [2.24, 2.45) is 9.98 Å². The molecule has 5 heteroatoms. The van der Waals surface area contributed by atoms with Crippen LogP contribution in [0, 0.1) is 0 Å². The Hall–Kier alpha value is -2.53. The zero-order valence-electron chi connectivity index (χ0n) is 12.3. The number of fused-ring (bicyclic) bond motifs is 1. The maximum atomic E-state index is 10.6. The summed E-state index contributed by atoms with van der Waals surface area (Å²) in [6.45, 7) is 4.47. The molecule has 4 rings (SSSR count). The number of benzene rings is 2. The summed E-state index contributed by atoms with van der Waals surface area (Å²) in [5.41, 5.74) is 1.35. The SMILES string of the molecule is O=C1N=c2ccccc2=N1.c1ccc(N2CCNCC2)cc1. The lowest BCUT2D eigenvalue weighted by Gasteiger charge is -2.29. The molecule has 1 saturated heterocycles. The Morgan fingerprint density at radius 2 is 1.36 bits per heavy atom. The number of nitrogens with zero attached hydrogens (tertiary/aromatic N) is 3. The van der Waals surface area contributed by atoms with Crippen LogP contribution in [-0.4, -0.2) is 32.2 Å². The second kappa shape index (κ2) is 6.95. The summed E-state index contributed by atoms with van der Waals surface area (Å²) in [6.07, 6.45) is 0. The van der Waals surface area contributed by atoms with Crippen LogP contribution in [0.2, 0.25) is 0 Å². The lowest BCUT2D eigenvalue weighted by atomic mass is 10.2. The highest BCUT2D eigenvalue weighted by atomic mass is 16.2. The number of para-hydroxylation sites is 3. The molecule has 0 spiro atoms. The molecule has 112 valence electrons. The molecule has 5 nitrogen and oxygen atoms in total. The van der Waals surface area contributed by atoms with Crippen molar-refractivity contribution in [3.63, 3.8) is 0 Å². The van der Waals surface area contributed by atoms with E-state index in [0.717, 1.165) is 26.2 Å². The van der Waals surface area contributed by atoms with Crippen molar-refractivity contribution in [1.82, 2.24) is 5.32 Å². The fourth-order valence-corrected chi connectivity index (χ4v) is 2.45. The second-order valence-corrected chi connectivity index (χ2v) is 5.07. The number of hydrogen-bond acceptors (Lipinski definition) is 3. The Kier molecular flexibility index (Phi) is 4.56. The molecule has 0 bridgehead atoms. The lowest BCUT2D eigenvalue weighted by molar-refractivity contribution is 0.256. The lowest BCUT2D eigenvalue weighted by Crippen LogP contribution is -2.43. The van der Waals surface area contributed by atoms with E-state index in [1.54, 1.807) is 12.1 Å². The van der Waals surface area contributed by atoms with Gasteiger partial charge in [-0.3, -0.25) is 0 Å². The molecule has 2 aliphatic rings. The van der Waals surface area contributed by atoms with Crippen LogP contribution in [0.15, 0.2) is 64.6 Å². The van der Waals surface area contributed by atoms with Gasteiger partial charge in [-0.05, 0) is 24.3 Å². The van der Waals surface area contributed by atoms with Crippen molar-refractivity contribution in [2.75, 3.05) is 31.1 Å². The average molecular weight is 294 g/mol. The third-order valence-corrected chi connectivity index (χ3v) is 3.55. The number of urea groups is 1. The molecule has 1 N–H and O–H groups in total. The summed E-state index contributed by atoms with van der Waals surface area (Å²) >= 11 is 0. The first-order chi connectivity index (χ1) is 10.8. The second-order valence-electron chi connectivity index (χ2n) is 5.07. The van der Waals surface area contributed by atoms with Crippen molar-refractivity contribution in [3.8, 4) is 0 Å². The molecular formula is C17H18N4O. The number of piperazine rings is 1. The van der Waals surface area contributed by atoms with Gasteiger partial charge in [0.25, 0.3) is 0 Å². The number of carbonyl (C=O) groups excluding carboxylic acids is 1. The Morgan fingerprint density at radius 3 is 1.95 bits per heavy atom. The highest BCUT2D eigenvalue weighted by Gasteiger charge is 2.08. The summed E-state index contributed by atoms with van der Waals surface area (Å²) in [5.74, 6) is 0. The van der Waals surface area contributed by atoms with Crippen molar-refractivity contribution in [3.05, 3.63) is 65.3 Å². The van der Waals surface area contributed by atoms with Gasteiger partial charge in [-0.15, -0.1) is 0 Å². The van der Waals surface area contributed by atoms with E-state index in [9.17, 15) is 4.79 Å². The van der Waals surface area contributed by atoms with Crippen molar-refractivity contribution in [1.29, 1.82) is 0 Å². The average Bonchev–Trinajstić information content (AvgIpc) is 2.97. The zero-order valence-corrected chi connectivity index (χ0v) is 12.3. The summed E-state index contributed by atoms with van der Waals surface area (Å²) in [5, 5.41) is 4.69. The molecule has 2 amide bonds. The van der Waals surface area contributed by atoms with Gasteiger partial charge >= 0.3 is 6.03 Å². The van der Waals surface area contributed by atoms with Crippen LogP contribution in [-0.2, 0) is 0 Å². The van der Waals surface area contributed by atoms with E-state index >= 15 is 0 Å². The minimum atomic E-state index is -0.402. The predicted molar refractivity (Wildman–Crippen MR) is 85.7 cm³/mol. The quantitative estimate of drug-likeness (QED) is 0.858. The van der Waals surface area contributed by atoms with Gasteiger partial charge in [-0.1, -0.05) is 30.3 Å². The van der Waals surface area contributed by atoms with Gasteiger partial charge in [0.15, 0.2) is 0 Å². The van der Waals surface area contributed by atoms with Crippen LogP contribution >= 0.6 is 0 Å². The fraction of sp³-hybridized carbons (Fsp3) is 0.235. The van der Waals surface area contributed by atoms with Gasteiger partial charge in [0.1, 0.15) is 0 Å². The van der Waals surface area contributed by atoms with Crippen molar-refractivity contribution in [2.45, 2.75) is 0 Å². The molecule has 2 aromatic rings. The first-order valence-electron chi connectivity index (χ1n) is 7.40. The van der Waals surface area contributed by atoms with E-state index in [1.165, 1.54) is 5.69 Å². The maximum Gasteiger partial charge on any atom is 0.368 e. The van der Waals surface area contributed by atoms with E-state index in [0.29, 0.717) is 10.7 Å². The van der Waals surface area contributed by atoms with E-state index in [-0.39, 0.29) is 0 Å². The fourth-order valence-electron chi connectivity index (χ4n) is 2.45. The Balaban J connectivity index is 0.000000133. The molecule has 1 fully saturated rings. The van der Waals surface area contributed by atoms with Crippen LogP contribution in [0.1, 0.15) is 0 Å². The zero-order chi connectivity index (χ0) is 15.2. The molecule has 0 atom stereocenters. The van der Waals surface area contributed by atoms with E-state index < -0.39 is 6.03 Å². The van der Waals surface area contributed by atoms with E-state index in [1.807, 2.05) is 12.1 Å². The first kappa shape index (κ1) is 14.4. The predicted octanol–water partition coefficient (Wildman–Crippen LogP) is 1.16. The van der Waals surface area contributed by atoms with Crippen LogP contribution in [0.4, 0.5) is 10.5 Å². The van der Waals surface area contributed by atoms with Gasteiger partial charge in [0, 0.05) is 31.9 Å². The number of amides is 2. The molecule has 0 saturated carbocycles. The molecule has 22 heavy (non-hydrogen) atoms. The Bertz CT molecular complexity index is 715. The molecule has 2 aliphatic heterocycles. The summed E-state index contributed by atoms with van der Waals surface area (Å²) < 4.78 is 0.